The number of hydrogen-bond acceptors (Lipinski definition) is 3. The van der Waals surface area contributed by atoms with Gasteiger partial charge in [0.2, 0.25) is 11.8 Å². The monoisotopic (exact) mass is 382 g/mol. The van der Waals surface area contributed by atoms with Crippen molar-refractivity contribution in [3.8, 4) is 5.75 Å². The molecule has 0 bridgehead atoms. The Kier molecular flexibility index (Phi) is 8.05. The summed E-state index contributed by atoms with van der Waals surface area (Å²) < 4.78 is 5.16. The number of carbonyl (C=O) groups is 2. The van der Waals surface area contributed by atoms with Gasteiger partial charge in [0.1, 0.15) is 5.75 Å². The molecule has 0 atom stereocenters. The normalized spacial score (nSPS) is 10.6. The Labute approximate surface area is 167 Å². The Morgan fingerprint density at radius 1 is 1.04 bits per heavy atom. The SMILES string of the molecule is COc1ccc(CCN(CCC(=O)Nc2ccccc2C(C)C)C(C)=O)cc1. The molecule has 28 heavy (non-hydrogen) atoms. The van der Waals surface area contributed by atoms with E-state index in [1.54, 1.807) is 18.9 Å². The van der Waals surface area contributed by atoms with Crippen LogP contribution in [0.4, 0.5) is 5.69 Å². The molecule has 0 saturated carbocycles. The molecule has 2 rings (SSSR count). The fraction of sp³-hybridized carbons (Fsp3) is 0.391. The molecular weight excluding hydrogens is 352 g/mol. The van der Waals surface area contributed by atoms with Crippen LogP contribution in [0.2, 0.25) is 0 Å². The lowest BCUT2D eigenvalue weighted by atomic mass is 10.0. The van der Waals surface area contributed by atoms with E-state index in [1.165, 1.54) is 0 Å². The van der Waals surface area contributed by atoms with Gasteiger partial charge in [-0.3, -0.25) is 9.59 Å². The number of carbonyl (C=O) groups excluding carboxylic acids is 2. The minimum Gasteiger partial charge on any atom is -0.497 e. The van der Waals surface area contributed by atoms with Crippen molar-refractivity contribution in [2.75, 3.05) is 25.5 Å². The van der Waals surface area contributed by atoms with Gasteiger partial charge in [0.15, 0.2) is 0 Å². The molecule has 0 heterocycles. The van der Waals surface area contributed by atoms with Gasteiger partial charge in [-0.1, -0.05) is 44.2 Å². The van der Waals surface area contributed by atoms with Crippen LogP contribution in [0.3, 0.4) is 0 Å². The Morgan fingerprint density at radius 2 is 1.71 bits per heavy atom. The standard InChI is InChI=1S/C23H30N2O3/c1-17(2)21-7-5-6-8-22(21)24-23(27)14-16-25(18(3)26)15-13-19-9-11-20(28-4)12-10-19/h5-12,17H,13-16H2,1-4H3,(H,24,27). The zero-order valence-corrected chi connectivity index (χ0v) is 17.2. The van der Waals surface area contributed by atoms with Crippen molar-refractivity contribution in [1.29, 1.82) is 0 Å². The van der Waals surface area contributed by atoms with Crippen LogP contribution < -0.4 is 10.1 Å². The molecule has 2 aromatic carbocycles. The highest BCUT2D eigenvalue weighted by molar-refractivity contribution is 5.92. The molecule has 5 nitrogen and oxygen atoms in total. The predicted octanol–water partition coefficient (Wildman–Crippen LogP) is 4.24. The van der Waals surface area contributed by atoms with E-state index in [4.69, 9.17) is 4.74 Å². The lowest BCUT2D eigenvalue weighted by Crippen LogP contribution is -2.33. The first kappa shape index (κ1) is 21.5. The molecule has 0 fully saturated rings. The van der Waals surface area contributed by atoms with E-state index in [-0.39, 0.29) is 18.2 Å². The van der Waals surface area contributed by atoms with Crippen LogP contribution in [0.1, 0.15) is 44.2 Å². The second-order valence-corrected chi connectivity index (χ2v) is 7.14. The van der Waals surface area contributed by atoms with Crippen molar-refractivity contribution < 1.29 is 14.3 Å². The van der Waals surface area contributed by atoms with Crippen LogP contribution in [0.15, 0.2) is 48.5 Å². The maximum absolute atomic E-state index is 12.4. The van der Waals surface area contributed by atoms with Crippen molar-refractivity contribution in [3.05, 3.63) is 59.7 Å². The van der Waals surface area contributed by atoms with E-state index < -0.39 is 0 Å². The Hall–Kier alpha value is -2.82. The van der Waals surface area contributed by atoms with Crippen molar-refractivity contribution in [2.24, 2.45) is 0 Å². The molecule has 1 N–H and O–H groups in total. The van der Waals surface area contributed by atoms with E-state index in [9.17, 15) is 9.59 Å². The Bertz CT molecular complexity index is 785. The van der Waals surface area contributed by atoms with E-state index in [2.05, 4.69) is 19.2 Å². The molecule has 0 aliphatic rings. The summed E-state index contributed by atoms with van der Waals surface area (Å²) in [5.74, 6) is 1.04. The van der Waals surface area contributed by atoms with Gasteiger partial charge < -0.3 is 15.0 Å². The summed E-state index contributed by atoms with van der Waals surface area (Å²) in [5, 5.41) is 2.98. The van der Waals surface area contributed by atoms with Gasteiger partial charge >= 0.3 is 0 Å². The van der Waals surface area contributed by atoms with Crippen molar-refractivity contribution in [1.82, 2.24) is 4.90 Å². The molecule has 5 heteroatoms. The van der Waals surface area contributed by atoms with E-state index in [1.807, 2.05) is 48.5 Å². The Morgan fingerprint density at radius 3 is 2.32 bits per heavy atom. The minimum atomic E-state index is -0.0798. The molecule has 2 aromatic rings. The van der Waals surface area contributed by atoms with E-state index in [0.717, 1.165) is 29.0 Å². The molecule has 0 spiro atoms. The summed E-state index contributed by atoms with van der Waals surface area (Å²) in [5.41, 5.74) is 3.08. The number of anilines is 1. The van der Waals surface area contributed by atoms with Crippen molar-refractivity contribution in [2.45, 2.75) is 39.5 Å². The van der Waals surface area contributed by atoms with Crippen LogP contribution in [0.25, 0.3) is 0 Å². The van der Waals surface area contributed by atoms with Crippen LogP contribution in [0, 0.1) is 0 Å². The summed E-state index contributed by atoms with van der Waals surface area (Å²) in [6.07, 6.45) is 1.01. The average molecular weight is 383 g/mol. The zero-order chi connectivity index (χ0) is 20.5. The van der Waals surface area contributed by atoms with Crippen molar-refractivity contribution in [3.63, 3.8) is 0 Å². The summed E-state index contributed by atoms with van der Waals surface area (Å²) in [6, 6.07) is 15.6. The van der Waals surface area contributed by atoms with Gasteiger partial charge in [0.25, 0.3) is 0 Å². The number of amides is 2. The maximum atomic E-state index is 12.4. The molecule has 0 radical (unpaired) electrons. The molecule has 0 aliphatic carbocycles. The first-order valence-corrected chi connectivity index (χ1v) is 9.68. The van der Waals surface area contributed by atoms with Gasteiger partial charge in [-0.15, -0.1) is 0 Å². The number of para-hydroxylation sites is 1. The molecular formula is C23H30N2O3. The first-order chi connectivity index (χ1) is 13.4. The number of methoxy groups -OCH3 is 1. The smallest absolute Gasteiger partial charge is 0.226 e. The summed E-state index contributed by atoms with van der Waals surface area (Å²) in [6.45, 7) is 6.72. The Balaban J connectivity index is 1.88. The average Bonchev–Trinajstić information content (AvgIpc) is 2.68. The van der Waals surface area contributed by atoms with E-state index in [0.29, 0.717) is 19.0 Å². The number of hydrogen-bond donors (Lipinski definition) is 1. The quantitative estimate of drug-likeness (QED) is 0.706. The lowest BCUT2D eigenvalue weighted by Gasteiger charge is -2.21. The third kappa shape index (κ3) is 6.41. The fourth-order valence-corrected chi connectivity index (χ4v) is 3.05. The third-order valence-electron chi connectivity index (χ3n) is 4.74. The highest BCUT2D eigenvalue weighted by atomic mass is 16.5. The molecule has 0 aromatic heterocycles. The minimum absolute atomic E-state index is 0.0242. The molecule has 2 amide bonds. The maximum Gasteiger partial charge on any atom is 0.226 e. The van der Waals surface area contributed by atoms with Crippen LogP contribution in [-0.4, -0.2) is 36.9 Å². The summed E-state index contributed by atoms with van der Waals surface area (Å²) in [7, 11) is 1.64. The largest absolute Gasteiger partial charge is 0.497 e. The van der Waals surface area contributed by atoms with Crippen LogP contribution in [-0.2, 0) is 16.0 Å². The number of benzene rings is 2. The van der Waals surface area contributed by atoms with Crippen LogP contribution >= 0.6 is 0 Å². The lowest BCUT2D eigenvalue weighted by molar-refractivity contribution is -0.129. The first-order valence-electron chi connectivity index (χ1n) is 9.68. The predicted molar refractivity (Wildman–Crippen MR) is 113 cm³/mol. The molecule has 0 aliphatic heterocycles. The topological polar surface area (TPSA) is 58.6 Å². The second-order valence-electron chi connectivity index (χ2n) is 7.14. The molecule has 0 unspecified atom stereocenters. The zero-order valence-electron chi connectivity index (χ0n) is 17.2. The van der Waals surface area contributed by atoms with E-state index >= 15 is 0 Å². The third-order valence-corrected chi connectivity index (χ3v) is 4.74. The number of nitrogens with one attached hydrogen (secondary N) is 1. The number of ether oxygens (including phenoxy) is 1. The summed E-state index contributed by atoms with van der Waals surface area (Å²) in [4.78, 5) is 26.1. The summed E-state index contributed by atoms with van der Waals surface area (Å²) >= 11 is 0. The van der Waals surface area contributed by atoms with Crippen molar-refractivity contribution >= 4 is 17.5 Å². The molecule has 150 valence electrons. The number of rotatable bonds is 9. The van der Waals surface area contributed by atoms with Gasteiger partial charge in [-0.05, 0) is 41.7 Å². The molecule has 0 saturated heterocycles. The fourth-order valence-electron chi connectivity index (χ4n) is 3.05. The van der Waals surface area contributed by atoms with Crippen LogP contribution in [0.5, 0.6) is 5.75 Å². The van der Waals surface area contributed by atoms with Gasteiger partial charge in [-0.2, -0.15) is 0 Å². The van der Waals surface area contributed by atoms with Gasteiger partial charge in [0, 0.05) is 32.1 Å². The highest BCUT2D eigenvalue weighted by Crippen LogP contribution is 2.23. The second kappa shape index (κ2) is 10.5. The number of nitrogens with zero attached hydrogens (tertiary/aromatic N) is 1. The van der Waals surface area contributed by atoms with Gasteiger partial charge in [0.05, 0.1) is 7.11 Å². The van der Waals surface area contributed by atoms with Gasteiger partial charge in [-0.25, -0.2) is 0 Å². The highest BCUT2D eigenvalue weighted by Gasteiger charge is 2.13.